The van der Waals surface area contributed by atoms with Crippen LogP contribution >= 0.6 is 0 Å². The molecule has 0 aromatic carbocycles. The molecule has 0 radical (unpaired) electrons. The molecule has 0 spiro atoms. The van der Waals surface area contributed by atoms with E-state index in [1.165, 1.54) is 0 Å². The standard InChI is InChI=1S/C14H23N3O2/c18-10-12-19-11-7-15-13-4-8-17(9-5-13)14-3-1-2-6-16-14/h1-3,6,13,15,18H,4-5,7-12H2. The summed E-state index contributed by atoms with van der Waals surface area (Å²) in [6, 6.07) is 6.61. The van der Waals surface area contributed by atoms with Crippen LogP contribution in [0.25, 0.3) is 0 Å². The summed E-state index contributed by atoms with van der Waals surface area (Å²) in [5, 5.41) is 12.1. The minimum absolute atomic E-state index is 0.0997. The summed E-state index contributed by atoms with van der Waals surface area (Å²) in [6.07, 6.45) is 4.12. The lowest BCUT2D eigenvalue weighted by Crippen LogP contribution is -2.43. The average Bonchev–Trinajstić information content (AvgIpc) is 2.49. The maximum absolute atomic E-state index is 8.59. The van der Waals surface area contributed by atoms with Gasteiger partial charge in [-0.05, 0) is 25.0 Å². The molecule has 0 atom stereocenters. The van der Waals surface area contributed by atoms with Crippen LogP contribution in [-0.2, 0) is 4.74 Å². The maximum Gasteiger partial charge on any atom is 0.128 e. The van der Waals surface area contributed by atoms with Crippen molar-refractivity contribution < 1.29 is 9.84 Å². The number of aliphatic hydroxyl groups is 1. The first-order chi connectivity index (χ1) is 9.40. The molecule has 1 aromatic rings. The number of pyridine rings is 1. The lowest BCUT2D eigenvalue weighted by Gasteiger charge is -2.33. The molecule has 1 fully saturated rings. The van der Waals surface area contributed by atoms with Crippen molar-refractivity contribution in [1.82, 2.24) is 10.3 Å². The van der Waals surface area contributed by atoms with Crippen LogP contribution in [0.1, 0.15) is 12.8 Å². The lowest BCUT2D eigenvalue weighted by molar-refractivity contribution is 0.0921. The number of hydrogen-bond acceptors (Lipinski definition) is 5. The Morgan fingerprint density at radius 3 is 2.84 bits per heavy atom. The van der Waals surface area contributed by atoms with E-state index in [-0.39, 0.29) is 6.61 Å². The first-order valence-electron chi connectivity index (χ1n) is 6.98. The number of rotatable bonds is 7. The highest BCUT2D eigenvalue weighted by atomic mass is 16.5. The third-order valence-corrected chi connectivity index (χ3v) is 3.38. The van der Waals surface area contributed by atoms with Gasteiger partial charge < -0.3 is 20.1 Å². The zero-order valence-corrected chi connectivity index (χ0v) is 11.3. The second-order valence-electron chi connectivity index (χ2n) is 4.74. The van der Waals surface area contributed by atoms with Crippen LogP contribution in [0, 0.1) is 0 Å². The van der Waals surface area contributed by atoms with Crippen molar-refractivity contribution in [2.24, 2.45) is 0 Å². The third kappa shape index (κ3) is 4.78. The highest BCUT2D eigenvalue weighted by molar-refractivity contribution is 5.38. The molecular formula is C14H23N3O2. The highest BCUT2D eigenvalue weighted by Crippen LogP contribution is 2.16. The van der Waals surface area contributed by atoms with Crippen LogP contribution in [0.4, 0.5) is 5.82 Å². The van der Waals surface area contributed by atoms with Crippen LogP contribution in [-0.4, -0.2) is 55.6 Å². The van der Waals surface area contributed by atoms with Crippen molar-refractivity contribution in [2.75, 3.05) is 44.4 Å². The van der Waals surface area contributed by atoms with Crippen molar-refractivity contribution in [2.45, 2.75) is 18.9 Å². The zero-order chi connectivity index (χ0) is 13.3. The summed E-state index contributed by atoms with van der Waals surface area (Å²) in [4.78, 5) is 6.72. The molecule has 2 heterocycles. The van der Waals surface area contributed by atoms with E-state index in [9.17, 15) is 0 Å². The Morgan fingerprint density at radius 1 is 1.32 bits per heavy atom. The Labute approximate surface area is 114 Å². The number of aromatic nitrogens is 1. The van der Waals surface area contributed by atoms with Gasteiger partial charge in [0.25, 0.3) is 0 Å². The van der Waals surface area contributed by atoms with Gasteiger partial charge in [-0.15, -0.1) is 0 Å². The molecular weight excluding hydrogens is 242 g/mol. The predicted octanol–water partition coefficient (Wildman–Crippen LogP) is 0.649. The second kappa shape index (κ2) is 8.09. The predicted molar refractivity (Wildman–Crippen MR) is 75.4 cm³/mol. The minimum atomic E-state index is 0.0997. The quantitative estimate of drug-likeness (QED) is 0.709. The minimum Gasteiger partial charge on any atom is -0.394 e. The number of ether oxygens (including phenoxy) is 1. The highest BCUT2D eigenvalue weighted by Gasteiger charge is 2.19. The smallest absolute Gasteiger partial charge is 0.128 e. The van der Waals surface area contributed by atoms with E-state index in [4.69, 9.17) is 9.84 Å². The van der Waals surface area contributed by atoms with Gasteiger partial charge in [0.1, 0.15) is 5.82 Å². The molecule has 0 saturated carbocycles. The lowest BCUT2D eigenvalue weighted by atomic mass is 10.1. The molecule has 1 aromatic heterocycles. The van der Waals surface area contributed by atoms with Crippen molar-refractivity contribution >= 4 is 5.82 Å². The van der Waals surface area contributed by atoms with Crippen molar-refractivity contribution in [3.63, 3.8) is 0 Å². The van der Waals surface area contributed by atoms with Gasteiger partial charge in [0, 0.05) is 31.9 Å². The van der Waals surface area contributed by atoms with Gasteiger partial charge in [0.15, 0.2) is 0 Å². The number of hydrogen-bond donors (Lipinski definition) is 2. The van der Waals surface area contributed by atoms with E-state index < -0.39 is 0 Å². The monoisotopic (exact) mass is 265 g/mol. The largest absolute Gasteiger partial charge is 0.394 e. The molecule has 0 unspecified atom stereocenters. The fourth-order valence-electron chi connectivity index (χ4n) is 2.36. The topological polar surface area (TPSA) is 57.6 Å². The van der Waals surface area contributed by atoms with Crippen molar-refractivity contribution in [1.29, 1.82) is 0 Å². The Hall–Kier alpha value is -1.17. The fraction of sp³-hybridized carbons (Fsp3) is 0.643. The molecule has 2 N–H and O–H groups in total. The molecule has 2 rings (SSSR count). The Balaban J connectivity index is 1.63. The fourth-order valence-corrected chi connectivity index (χ4v) is 2.36. The molecule has 1 saturated heterocycles. The van der Waals surface area contributed by atoms with E-state index in [0.717, 1.165) is 38.3 Å². The molecule has 1 aliphatic rings. The molecule has 0 bridgehead atoms. The van der Waals surface area contributed by atoms with E-state index in [1.54, 1.807) is 0 Å². The Kier molecular flexibility index (Phi) is 6.07. The summed E-state index contributed by atoms with van der Waals surface area (Å²) in [7, 11) is 0. The van der Waals surface area contributed by atoms with Gasteiger partial charge in [0.2, 0.25) is 0 Å². The first-order valence-corrected chi connectivity index (χ1v) is 6.98. The summed E-state index contributed by atoms with van der Waals surface area (Å²) in [5.41, 5.74) is 0. The SMILES string of the molecule is OCCOCCNC1CCN(c2ccccn2)CC1. The summed E-state index contributed by atoms with van der Waals surface area (Å²) in [6.45, 7) is 4.15. The van der Waals surface area contributed by atoms with E-state index in [0.29, 0.717) is 19.3 Å². The normalized spacial score (nSPS) is 16.8. The van der Waals surface area contributed by atoms with E-state index in [1.807, 2.05) is 18.3 Å². The second-order valence-corrected chi connectivity index (χ2v) is 4.74. The molecule has 0 amide bonds. The first kappa shape index (κ1) is 14.2. The van der Waals surface area contributed by atoms with Crippen molar-refractivity contribution in [3.8, 4) is 0 Å². The Morgan fingerprint density at radius 2 is 2.16 bits per heavy atom. The zero-order valence-electron chi connectivity index (χ0n) is 11.3. The number of nitrogens with zero attached hydrogens (tertiary/aromatic N) is 2. The van der Waals surface area contributed by atoms with Crippen LogP contribution in [0.5, 0.6) is 0 Å². The summed E-state index contributed by atoms with van der Waals surface area (Å²) < 4.78 is 5.23. The van der Waals surface area contributed by atoms with Gasteiger partial charge in [-0.3, -0.25) is 0 Å². The van der Waals surface area contributed by atoms with E-state index >= 15 is 0 Å². The van der Waals surface area contributed by atoms with Crippen molar-refractivity contribution in [3.05, 3.63) is 24.4 Å². The van der Waals surface area contributed by atoms with Crippen LogP contribution in [0.3, 0.4) is 0 Å². The third-order valence-electron chi connectivity index (χ3n) is 3.38. The van der Waals surface area contributed by atoms with Crippen LogP contribution in [0.15, 0.2) is 24.4 Å². The average molecular weight is 265 g/mol. The number of piperidine rings is 1. The molecule has 19 heavy (non-hydrogen) atoms. The number of aliphatic hydroxyl groups excluding tert-OH is 1. The molecule has 106 valence electrons. The van der Waals surface area contributed by atoms with E-state index in [2.05, 4.69) is 21.3 Å². The number of nitrogens with one attached hydrogen (secondary N) is 1. The van der Waals surface area contributed by atoms with Gasteiger partial charge in [-0.2, -0.15) is 0 Å². The van der Waals surface area contributed by atoms with Gasteiger partial charge in [-0.25, -0.2) is 4.98 Å². The molecule has 5 nitrogen and oxygen atoms in total. The maximum atomic E-state index is 8.59. The summed E-state index contributed by atoms with van der Waals surface area (Å²) in [5.74, 6) is 1.08. The van der Waals surface area contributed by atoms with Crippen LogP contribution in [0.2, 0.25) is 0 Å². The van der Waals surface area contributed by atoms with Gasteiger partial charge in [0.05, 0.1) is 19.8 Å². The summed E-state index contributed by atoms with van der Waals surface area (Å²) >= 11 is 0. The molecule has 1 aliphatic heterocycles. The van der Waals surface area contributed by atoms with Crippen LogP contribution < -0.4 is 10.2 Å². The van der Waals surface area contributed by atoms with Gasteiger partial charge in [-0.1, -0.05) is 6.07 Å². The molecule has 0 aliphatic carbocycles. The Bertz CT molecular complexity index is 340. The number of anilines is 1. The van der Waals surface area contributed by atoms with Gasteiger partial charge >= 0.3 is 0 Å². The molecule has 5 heteroatoms.